The Labute approximate surface area is 375 Å². The molecule has 0 amide bonds. The average Bonchev–Trinajstić information content (AvgIpc) is 3.32. The van der Waals surface area contributed by atoms with Crippen molar-refractivity contribution in [2.75, 3.05) is 26.4 Å². The molecule has 1 N–H and O–H groups in total. The molecule has 0 heterocycles. The lowest BCUT2D eigenvalue weighted by Crippen LogP contribution is -2.05. The fourth-order valence-electron chi connectivity index (χ4n) is 7.46. The maximum Gasteiger partial charge on any atom is 0.335 e. The number of unbranched alkanes of at least 4 members (excludes halogenated alkanes) is 16. The van der Waals surface area contributed by atoms with Gasteiger partial charge in [-0.3, -0.25) is 0 Å². The van der Waals surface area contributed by atoms with Gasteiger partial charge in [0.1, 0.15) is 11.5 Å². The van der Waals surface area contributed by atoms with E-state index in [1.165, 1.54) is 64.2 Å². The predicted octanol–water partition coefficient (Wildman–Crippen LogP) is 14.4. The molecule has 5 aromatic carbocycles. The second-order valence-corrected chi connectivity index (χ2v) is 16.2. The molecule has 0 aromatic heterocycles. The molecule has 0 bridgehead atoms. The smallest absolute Gasteiger partial charge is 0.335 e. The third-order valence-electron chi connectivity index (χ3n) is 11.2. The number of carboxylic acids is 1. The highest BCUT2D eigenvalue weighted by molar-refractivity contribution is 5.88. The molecule has 0 aliphatic heterocycles. The fraction of sp³-hybridized carbons (Fsp3) is 0.400. The summed E-state index contributed by atoms with van der Waals surface area (Å²) < 4.78 is 24.0. The van der Waals surface area contributed by atoms with E-state index in [2.05, 4.69) is 36.4 Å². The van der Waals surface area contributed by atoms with E-state index in [9.17, 15) is 9.90 Å². The van der Waals surface area contributed by atoms with Gasteiger partial charge in [0.25, 0.3) is 0 Å². The van der Waals surface area contributed by atoms with E-state index in [1.807, 2.05) is 72.8 Å². The summed E-state index contributed by atoms with van der Waals surface area (Å²) in [5, 5.41) is 27.5. The average molecular weight is 849 g/mol. The van der Waals surface area contributed by atoms with Gasteiger partial charge in [0.2, 0.25) is 0 Å². The van der Waals surface area contributed by atoms with Gasteiger partial charge in [-0.05, 0) is 115 Å². The number of hydrogen-bond donors (Lipinski definition) is 1. The molecule has 0 saturated heterocycles. The van der Waals surface area contributed by atoms with Crippen LogP contribution in [0, 0.1) is 22.7 Å². The van der Waals surface area contributed by atoms with E-state index >= 15 is 0 Å². The molecule has 0 aliphatic carbocycles. The highest BCUT2D eigenvalue weighted by atomic mass is 16.5. The van der Waals surface area contributed by atoms with Gasteiger partial charge in [0.05, 0.1) is 55.3 Å². The topological polar surface area (TPSA) is 122 Å². The van der Waals surface area contributed by atoms with Crippen molar-refractivity contribution in [2.24, 2.45) is 0 Å². The summed E-state index contributed by atoms with van der Waals surface area (Å²) in [7, 11) is 0. The van der Waals surface area contributed by atoms with Crippen molar-refractivity contribution >= 4 is 5.97 Å². The lowest BCUT2D eigenvalue weighted by atomic mass is 10.0. The lowest BCUT2D eigenvalue weighted by Gasteiger charge is -2.14. The number of ether oxygens (including phenoxy) is 4. The van der Waals surface area contributed by atoms with Crippen molar-refractivity contribution in [3.05, 3.63) is 132 Å². The molecule has 0 spiro atoms. The zero-order valence-electron chi connectivity index (χ0n) is 36.9. The molecular formula is C55H64N2O6. The second kappa shape index (κ2) is 28.4. The van der Waals surface area contributed by atoms with E-state index in [0.717, 1.165) is 98.3 Å². The Morgan fingerprint density at radius 2 is 0.683 bits per heavy atom. The molecule has 330 valence electrons. The predicted molar refractivity (Wildman–Crippen MR) is 252 cm³/mol. The molecule has 0 radical (unpaired) electrons. The van der Waals surface area contributed by atoms with Crippen molar-refractivity contribution in [3.63, 3.8) is 0 Å². The quantitative estimate of drug-likeness (QED) is 0.0438. The number of carboxylic acid groups (broad SMARTS) is 1. The first-order valence-corrected chi connectivity index (χ1v) is 23.1. The Kier molecular flexibility index (Phi) is 21.5. The normalized spacial score (nSPS) is 10.8. The Hall–Kier alpha value is -6.25. The first kappa shape index (κ1) is 47.8. The summed E-state index contributed by atoms with van der Waals surface area (Å²) in [4.78, 5) is 11.6. The monoisotopic (exact) mass is 848 g/mol. The molecule has 5 rings (SSSR count). The van der Waals surface area contributed by atoms with Gasteiger partial charge in [-0.15, -0.1) is 0 Å². The lowest BCUT2D eigenvalue weighted by molar-refractivity contribution is 0.0696. The van der Waals surface area contributed by atoms with Crippen LogP contribution in [0.1, 0.15) is 137 Å². The van der Waals surface area contributed by atoms with Gasteiger partial charge < -0.3 is 24.1 Å². The highest BCUT2D eigenvalue weighted by Gasteiger charge is 2.11. The molecular weight excluding hydrogens is 785 g/mol. The molecule has 5 aromatic rings. The first-order chi connectivity index (χ1) is 31.0. The van der Waals surface area contributed by atoms with Crippen LogP contribution in [0.3, 0.4) is 0 Å². The standard InChI is InChI=1S/C55H64N2O6/c56-42-44-19-23-46(24-20-44)48-27-32-51(33-28-48)60-37-15-11-7-3-1-5-9-13-17-39-62-53-36-31-50(55(58)59)41-54(53)63-40-18-14-10-6-2-4-8-12-16-38-61-52-34-29-49(30-35-52)47-25-21-45(43-57)22-26-47/h19-36,41H,1-18,37-40H2,(H,58,59). The van der Waals surface area contributed by atoms with E-state index in [-0.39, 0.29) is 5.56 Å². The van der Waals surface area contributed by atoms with Crippen molar-refractivity contribution in [1.82, 2.24) is 0 Å². The van der Waals surface area contributed by atoms with Crippen LogP contribution in [0.4, 0.5) is 0 Å². The summed E-state index contributed by atoms with van der Waals surface area (Å²) >= 11 is 0. The van der Waals surface area contributed by atoms with Crippen LogP contribution < -0.4 is 18.9 Å². The van der Waals surface area contributed by atoms with Gasteiger partial charge in [0.15, 0.2) is 11.5 Å². The first-order valence-electron chi connectivity index (χ1n) is 23.1. The minimum Gasteiger partial charge on any atom is -0.494 e. The molecule has 8 nitrogen and oxygen atoms in total. The Balaban J connectivity index is 0.819. The summed E-state index contributed by atoms with van der Waals surface area (Å²) in [5.41, 5.74) is 5.93. The van der Waals surface area contributed by atoms with Crippen LogP contribution in [-0.2, 0) is 0 Å². The summed E-state index contributed by atoms with van der Waals surface area (Å²) in [6.45, 7) is 2.58. The number of aromatic carboxylic acids is 1. The van der Waals surface area contributed by atoms with E-state index in [4.69, 9.17) is 29.5 Å². The van der Waals surface area contributed by atoms with Crippen molar-refractivity contribution in [1.29, 1.82) is 10.5 Å². The number of benzene rings is 5. The molecule has 63 heavy (non-hydrogen) atoms. The van der Waals surface area contributed by atoms with Crippen LogP contribution in [0.2, 0.25) is 0 Å². The molecule has 0 unspecified atom stereocenters. The number of carbonyl (C=O) groups is 1. The van der Waals surface area contributed by atoms with E-state index < -0.39 is 5.97 Å². The van der Waals surface area contributed by atoms with Crippen LogP contribution in [0.15, 0.2) is 115 Å². The number of hydrogen-bond acceptors (Lipinski definition) is 7. The largest absolute Gasteiger partial charge is 0.494 e. The maximum atomic E-state index is 11.6. The molecule has 0 atom stereocenters. The Bertz CT molecular complexity index is 2140. The maximum absolute atomic E-state index is 11.6. The second-order valence-electron chi connectivity index (χ2n) is 16.2. The van der Waals surface area contributed by atoms with Gasteiger partial charge in [-0.1, -0.05) is 138 Å². The highest BCUT2D eigenvalue weighted by Crippen LogP contribution is 2.30. The molecule has 0 saturated carbocycles. The number of rotatable bonds is 31. The van der Waals surface area contributed by atoms with Crippen molar-refractivity contribution < 1.29 is 28.8 Å². The van der Waals surface area contributed by atoms with Crippen LogP contribution >= 0.6 is 0 Å². The molecule has 8 heteroatoms. The summed E-state index contributed by atoms with van der Waals surface area (Å²) in [6, 6.07) is 40.7. The molecule has 0 fully saturated rings. The minimum absolute atomic E-state index is 0.206. The van der Waals surface area contributed by atoms with Gasteiger partial charge in [-0.25, -0.2) is 4.79 Å². The van der Waals surface area contributed by atoms with Crippen LogP contribution in [0.5, 0.6) is 23.0 Å². The van der Waals surface area contributed by atoms with Crippen molar-refractivity contribution in [2.45, 2.75) is 116 Å². The van der Waals surface area contributed by atoms with Crippen LogP contribution in [-0.4, -0.2) is 37.5 Å². The van der Waals surface area contributed by atoms with Crippen molar-refractivity contribution in [3.8, 4) is 57.4 Å². The third kappa shape index (κ3) is 17.9. The zero-order chi connectivity index (χ0) is 44.2. The van der Waals surface area contributed by atoms with Crippen LogP contribution in [0.25, 0.3) is 22.3 Å². The number of nitrogens with zero attached hydrogens (tertiary/aromatic N) is 2. The Morgan fingerprint density at radius 3 is 1.02 bits per heavy atom. The van der Waals surface area contributed by atoms with E-state index in [0.29, 0.717) is 35.8 Å². The fourth-order valence-corrected chi connectivity index (χ4v) is 7.46. The van der Waals surface area contributed by atoms with E-state index in [1.54, 1.807) is 18.2 Å². The molecule has 0 aliphatic rings. The minimum atomic E-state index is -0.970. The van der Waals surface area contributed by atoms with Gasteiger partial charge >= 0.3 is 5.97 Å². The SMILES string of the molecule is N#Cc1ccc(-c2ccc(OCCCCCCCCCCCOc3ccc(C(=O)O)cc3OCCCCCCCCCCCOc3ccc(-c4ccc(C#N)cc4)cc3)cc2)cc1. The third-order valence-corrected chi connectivity index (χ3v) is 11.2. The van der Waals surface area contributed by atoms with Gasteiger partial charge in [-0.2, -0.15) is 10.5 Å². The van der Waals surface area contributed by atoms with Gasteiger partial charge in [0, 0.05) is 0 Å². The number of nitriles is 2. The Morgan fingerprint density at radius 1 is 0.381 bits per heavy atom. The summed E-state index contributed by atoms with van der Waals surface area (Å²) in [6.07, 6.45) is 20.7. The summed E-state index contributed by atoms with van der Waals surface area (Å²) in [5.74, 6) is 1.94. The zero-order valence-corrected chi connectivity index (χ0v) is 36.9.